The Morgan fingerprint density at radius 1 is 0.946 bits per heavy atom. The first kappa shape index (κ1) is 26.1. The topological polar surface area (TPSA) is 38.2 Å². The average molecular weight is 498 g/mol. The maximum Gasteiger partial charge on any atom is 0.160 e. The monoisotopic (exact) mass is 497 g/mol. The van der Waals surface area contributed by atoms with Crippen molar-refractivity contribution < 1.29 is 4.74 Å². The van der Waals surface area contributed by atoms with E-state index >= 15 is 0 Å². The van der Waals surface area contributed by atoms with Gasteiger partial charge in [0.05, 0.1) is 6.10 Å². The minimum Gasteiger partial charge on any atom is -0.378 e. The Morgan fingerprint density at radius 3 is 2.46 bits per heavy atom. The summed E-state index contributed by atoms with van der Waals surface area (Å²) in [5, 5.41) is 0. The zero-order chi connectivity index (χ0) is 25.8. The molecule has 4 heteroatoms. The molecule has 0 bridgehead atoms. The van der Waals surface area contributed by atoms with E-state index in [9.17, 15) is 0 Å². The Labute approximate surface area is 223 Å². The van der Waals surface area contributed by atoms with E-state index in [0.29, 0.717) is 12.1 Å². The van der Waals surface area contributed by atoms with Gasteiger partial charge in [-0.15, -0.1) is 0 Å². The van der Waals surface area contributed by atoms with Crippen molar-refractivity contribution in [2.75, 3.05) is 13.7 Å². The highest BCUT2D eigenvalue weighted by molar-refractivity contribution is 5.65. The largest absolute Gasteiger partial charge is 0.378 e. The smallest absolute Gasteiger partial charge is 0.160 e. The lowest BCUT2D eigenvalue weighted by molar-refractivity contribution is 0.104. The molecule has 2 atom stereocenters. The first-order valence-electron chi connectivity index (χ1n) is 14.5. The van der Waals surface area contributed by atoms with E-state index in [0.717, 1.165) is 50.4 Å². The van der Waals surface area contributed by atoms with Crippen LogP contribution in [0.4, 0.5) is 0 Å². The fraction of sp³-hybridized carbons (Fsp3) is 0.515. The van der Waals surface area contributed by atoms with Gasteiger partial charge in [-0.05, 0) is 94.0 Å². The number of hydrogen-bond donors (Lipinski definition) is 0. The van der Waals surface area contributed by atoms with Gasteiger partial charge in [-0.25, -0.2) is 9.97 Å². The minimum atomic E-state index is 0.364. The molecule has 0 saturated carbocycles. The predicted molar refractivity (Wildman–Crippen MR) is 152 cm³/mol. The SMILES string of the molecule is CCc1cccc(CC)c1-c1nc(C)c(CN(C)[C@H]2CCCc3ccccc32)c(CC[C@@H]2CCCO2)n1. The van der Waals surface area contributed by atoms with Crippen LogP contribution in [0.5, 0.6) is 0 Å². The molecular formula is C33H43N3O. The number of rotatable bonds is 9. The Balaban J connectivity index is 1.50. The number of ether oxygens (including phenoxy) is 1. The summed E-state index contributed by atoms with van der Waals surface area (Å²) in [6.45, 7) is 8.43. The maximum absolute atomic E-state index is 5.99. The molecule has 1 aliphatic heterocycles. The molecule has 1 aromatic heterocycles. The van der Waals surface area contributed by atoms with Crippen LogP contribution in [0.2, 0.25) is 0 Å². The van der Waals surface area contributed by atoms with Gasteiger partial charge in [-0.1, -0.05) is 56.3 Å². The van der Waals surface area contributed by atoms with E-state index in [1.807, 2.05) is 0 Å². The van der Waals surface area contributed by atoms with Crippen molar-refractivity contribution in [2.24, 2.45) is 0 Å². The highest BCUT2D eigenvalue weighted by atomic mass is 16.5. The molecule has 37 heavy (non-hydrogen) atoms. The summed E-state index contributed by atoms with van der Waals surface area (Å²) in [5.74, 6) is 0.906. The van der Waals surface area contributed by atoms with E-state index in [4.69, 9.17) is 14.7 Å². The second-order valence-corrected chi connectivity index (χ2v) is 10.9. The molecule has 3 aromatic rings. The standard InChI is InChI=1S/C33H43N3O/c1-5-24-13-9-14-25(6-2)32(24)33-34-23(3)29(30(35-33)20-19-27-16-11-21-37-27)22-36(4)31-18-10-15-26-12-7-8-17-28(26)31/h7-9,12-14,17,27,31H,5-6,10-11,15-16,18-22H2,1-4H3/t27-,31-/m0/s1. The third-order valence-corrected chi connectivity index (χ3v) is 8.53. The molecule has 1 aliphatic carbocycles. The van der Waals surface area contributed by atoms with Gasteiger partial charge in [0.2, 0.25) is 0 Å². The Morgan fingerprint density at radius 2 is 1.73 bits per heavy atom. The van der Waals surface area contributed by atoms with Gasteiger partial charge < -0.3 is 4.74 Å². The van der Waals surface area contributed by atoms with Crippen molar-refractivity contribution in [3.63, 3.8) is 0 Å². The van der Waals surface area contributed by atoms with E-state index < -0.39 is 0 Å². The lowest BCUT2D eigenvalue weighted by Gasteiger charge is -2.34. The summed E-state index contributed by atoms with van der Waals surface area (Å²) in [6, 6.07) is 16.1. The molecule has 0 spiro atoms. The lowest BCUT2D eigenvalue weighted by atomic mass is 9.86. The molecular weight excluding hydrogens is 454 g/mol. The number of hydrogen-bond acceptors (Lipinski definition) is 4. The van der Waals surface area contributed by atoms with E-state index in [1.165, 1.54) is 71.2 Å². The molecule has 1 saturated heterocycles. The number of fused-ring (bicyclic) bond motifs is 1. The van der Waals surface area contributed by atoms with E-state index in [2.05, 4.69) is 75.2 Å². The number of benzene rings is 2. The van der Waals surface area contributed by atoms with Crippen molar-refractivity contribution in [3.05, 3.63) is 81.7 Å². The highest BCUT2D eigenvalue weighted by Crippen LogP contribution is 2.35. The van der Waals surface area contributed by atoms with Crippen LogP contribution in [0, 0.1) is 6.92 Å². The third kappa shape index (κ3) is 5.66. The van der Waals surface area contributed by atoms with Crippen molar-refractivity contribution >= 4 is 0 Å². The van der Waals surface area contributed by atoms with Crippen LogP contribution in [0.1, 0.15) is 91.2 Å². The van der Waals surface area contributed by atoms with Crippen LogP contribution in [0.3, 0.4) is 0 Å². The van der Waals surface area contributed by atoms with Crippen LogP contribution in [0.15, 0.2) is 42.5 Å². The Hall–Kier alpha value is -2.56. The number of aryl methyl sites for hydroxylation is 5. The third-order valence-electron chi connectivity index (χ3n) is 8.53. The molecule has 2 aliphatic rings. The summed E-state index contributed by atoms with van der Waals surface area (Å²) in [6.07, 6.45) is 10.3. The summed E-state index contributed by atoms with van der Waals surface area (Å²) in [5.41, 5.74) is 10.6. The normalized spacial score (nSPS) is 19.4. The Bertz CT molecular complexity index is 1190. The first-order valence-corrected chi connectivity index (χ1v) is 14.5. The van der Waals surface area contributed by atoms with E-state index in [-0.39, 0.29) is 0 Å². The quantitative estimate of drug-likeness (QED) is 0.313. The van der Waals surface area contributed by atoms with Crippen LogP contribution in [0.25, 0.3) is 11.4 Å². The van der Waals surface area contributed by atoms with Crippen molar-refractivity contribution in [3.8, 4) is 11.4 Å². The molecule has 0 radical (unpaired) electrons. The maximum atomic E-state index is 5.99. The minimum absolute atomic E-state index is 0.364. The first-order chi connectivity index (χ1) is 18.1. The zero-order valence-corrected chi connectivity index (χ0v) is 23.2. The van der Waals surface area contributed by atoms with Crippen LogP contribution < -0.4 is 0 Å². The number of nitrogens with zero attached hydrogens (tertiary/aromatic N) is 3. The molecule has 5 rings (SSSR count). The molecule has 196 valence electrons. The molecule has 2 heterocycles. The average Bonchev–Trinajstić information content (AvgIpc) is 3.46. The van der Waals surface area contributed by atoms with Crippen LogP contribution in [-0.2, 0) is 37.0 Å². The van der Waals surface area contributed by atoms with Crippen molar-refractivity contribution in [1.29, 1.82) is 0 Å². The van der Waals surface area contributed by atoms with Gasteiger partial charge in [0.15, 0.2) is 5.82 Å². The van der Waals surface area contributed by atoms with E-state index in [1.54, 1.807) is 0 Å². The predicted octanol–water partition coefficient (Wildman–Crippen LogP) is 7.20. The summed E-state index contributed by atoms with van der Waals surface area (Å²) in [4.78, 5) is 13.0. The zero-order valence-electron chi connectivity index (χ0n) is 23.2. The summed E-state index contributed by atoms with van der Waals surface area (Å²) in [7, 11) is 2.28. The number of aromatic nitrogens is 2. The van der Waals surface area contributed by atoms with Crippen molar-refractivity contribution in [1.82, 2.24) is 14.9 Å². The van der Waals surface area contributed by atoms with Crippen LogP contribution in [-0.4, -0.2) is 34.6 Å². The van der Waals surface area contributed by atoms with Gasteiger partial charge in [0.1, 0.15) is 0 Å². The van der Waals surface area contributed by atoms with Gasteiger partial charge >= 0.3 is 0 Å². The second kappa shape index (κ2) is 11.9. The fourth-order valence-electron chi connectivity index (χ4n) is 6.42. The molecule has 0 amide bonds. The lowest BCUT2D eigenvalue weighted by Crippen LogP contribution is -2.28. The second-order valence-electron chi connectivity index (χ2n) is 10.9. The van der Waals surface area contributed by atoms with Crippen LogP contribution >= 0.6 is 0 Å². The fourth-order valence-corrected chi connectivity index (χ4v) is 6.42. The van der Waals surface area contributed by atoms with Crippen molar-refractivity contribution in [2.45, 2.75) is 97.2 Å². The van der Waals surface area contributed by atoms with Gasteiger partial charge in [-0.2, -0.15) is 0 Å². The Kier molecular flexibility index (Phi) is 8.36. The van der Waals surface area contributed by atoms with Gasteiger partial charge in [-0.3, -0.25) is 4.90 Å². The summed E-state index contributed by atoms with van der Waals surface area (Å²) < 4.78 is 5.99. The van der Waals surface area contributed by atoms with Gasteiger partial charge in [0, 0.05) is 41.7 Å². The molecule has 0 N–H and O–H groups in total. The molecule has 1 fully saturated rings. The van der Waals surface area contributed by atoms with Gasteiger partial charge in [0.25, 0.3) is 0 Å². The molecule has 2 aromatic carbocycles. The highest BCUT2D eigenvalue weighted by Gasteiger charge is 2.26. The molecule has 4 nitrogen and oxygen atoms in total. The summed E-state index contributed by atoms with van der Waals surface area (Å²) >= 11 is 0. The molecule has 0 unspecified atom stereocenters.